The Balaban J connectivity index is 2.44. The summed E-state index contributed by atoms with van der Waals surface area (Å²) in [7, 11) is 0. The molecule has 2 amide bonds. The van der Waals surface area contributed by atoms with Crippen LogP contribution in [0.1, 0.15) is 15.2 Å². The lowest BCUT2D eigenvalue weighted by molar-refractivity contribution is -0.137. The minimum absolute atomic E-state index is 0.292. The van der Waals surface area contributed by atoms with E-state index in [1.165, 1.54) is 11.3 Å². The molecule has 98 valence electrons. The molecule has 1 rings (SSSR count). The third kappa shape index (κ3) is 4.01. The third-order valence-corrected chi connectivity index (χ3v) is 3.65. The number of aryl methyl sites for hydroxylation is 1. The van der Waals surface area contributed by atoms with Crippen LogP contribution in [0, 0.1) is 6.92 Å². The summed E-state index contributed by atoms with van der Waals surface area (Å²) < 4.78 is 0. The van der Waals surface area contributed by atoms with Gasteiger partial charge in [0.05, 0.1) is 11.6 Å². The van der Waals surface area contributed by atoms with E-state index in [2.05, 4.69) is 10.6 Å². The topological polar surface area (TPSA) is 95.5 Å². The van der Waals surface area contributed by atoms with E-state index in [1.807, 2.05) is 0 Å². The van der Waals surface area contributed by atoms with Crippen molar-refractivity contribution in [2.75, 3.05) is 13.1 Å². The highest BCUT2D eigenvalue weighted by molar-refractivity contribution is 7.13. The fraction of sp³-hybridized carbons (Fsp3) is 0.300. The number of thiophene rings is 1. The Morgan fingerprint density at radius 1 is 1.33 bits per heavy atom. The van der Waals surface area contributed by atoms with Gasteiger partial charge in [0.2, 0.25) is 5.91 Å². The van der Waals surface area contributed by atoms with Crippen molar-refractivity contribution in [3.63, 3.8) is 0 Å². The average Bonchev–Trinajstić information content (AvgIpc) is 2.64. The number of halogens is 1. The van der Waals surface area contributed by atoms with Crippen molar-refractivity contribution in [3.8, 4) is 0 Å². The molecule has 18 heavy (non-hydrogen) atoms. The fourth-order valence-electron chi connectivity index (χ4n) is 1.06. The van der Waals surface area contributed by atoms with Crippen molar-refractivity contribution in [1.82, 2.24) is 10.6 Å². The molecule has 0 fully saturated rings. The largest absolute Gasteiger partial charge is 0.480 e. The normalized spacial score (nSPS) is 9.89. The number of carbonyl (C=O) groups excluding carboxylic acids is 2. The van der Waals surface area contributed by atoms with Gasteiger partial charge in [-0.25, -0.2) is 0 Å². The molecule has 0 spiro atoms. The summed E-state index contributed by atoms with van der Waals surface area (Å²) >= 11 is 7.08. The molecular weight excluding hydrogens is 280 g/mol. The number of hydrogen-bond acceptors (Lipinski definition) is 4. The minimum atomic E-state index is -1.15. The van der Waals surface area contributed by atoms with Crippen LogP contribution in [0.25, 0.3) is 0 Å². The molecular formula is C10H11ClN2O4S. The Morgan fingerprint density at radius 3 is 2.50 bits per heavy atom. The summed E-state index contributed by atoms with van der Waals surface area (Å²) in [5.41, 5.74) is 0.794. The van der Waals surface area contributed by atoms with Crippen LogP contribution >= 0.6 is 22.9 Å². The first kappa shape index (κ1) is 14.5. The van der Waals surface area contributed by atoms with Crippen LogP contribution in [-0.4, -0.2) is 36.0 Å². The molecule has 0 aliphatic heterocycles. The van der Waals surface area contributed by atoms with Crippen LogP contribution in [-0.2, 0) is 9.59 Å². The summed E-state index contributed by atoms with van der Waals surface area (Å²) in [6.07, 6.45) is 0. The molecule has 0 radical (unpaired) electrons. The van der Waals surface area contributed by atoms with E-state index in [0.717, 1.165) is 5.56 Å². The Labute approximate surface area is 112 Å². The first-order valence-corrected chi connectivity index (χ1v) is 6.18. The van der Waals surface area contributed by atoms with Gasteiger partial charge < -0.3 is 15.7 Å². The summed E-state index contributed by atoms with van der Waals surface area (Å²) in [5.74, 6) is -2.18. The molecule has 1 heterocycles. The van der Waals surface area contributed by atoms with Crippen molar-refractivity contribution in [2.45, 2.75) is 6.92 Å². The van der Waals surface area contributed by atoms with Gasteiger partial charge in [-0.3, -0.25) is 14.4 Å². The van der Waals surface area contributed by atoms with Gasteiger partial charge in [0.1, 0.15) is 11.4 Å². The average molecular weight is 291 g/mol. The number of carboxylic acids is 1. The number of nitrogens with one attached hydrogen (secondary N) is 2. The standard InChI is InChI=1S/C10H11ClN2O4S/c1-5-4-18-9(8(5)11)10(17)13-2-6(14)12-3-7(15)16/h4H,2-3H2,1H3,(H,12,14)(H,13,17)(H,15,16). The first-order chi connectivity index (χ1) is 8.41. The van der Waals surface area contributed by atoms with E-state index in [4.69, 9.17) is 16.7 Å². The van der Waals surface area contributed by atoms with Crippen LogP contribution < -0.4 is 10.6 Å². The van der Waals surface area contributed by atoms with Crippen LogP contribution in [0.5, 0.6) is 0 Å². The number of carbonyl (C=O) groups is 3. The van der Waals surface area contributed by atoms with Crippen molar-refractivity contribution in [3.05, 3.63) is 20.8 Å². The lowest BCUT2D eigenvalue weighted by Gasteiger charge is -2.04. The van der Waals surface area contributed by atoms with Crippen molar-refractivity contribution >= 4 is 40.7 Å². The summed E-state index contributed by atoms with van der Waals surface area (Å²) in [5, 5.41) is 14.9. The Hall–Kier alpha value is -1.60. The molecule has 1 aromatic heterocycles. The molecule has 0 aliphatic carbocycles. The van der Waals surface area contributed by atoms with E-state index in [-0.39, 0.29) is 6.54 Å². The zero-order valence-corrected chi connectivity index (χ0v) is 11.0. The summed E-state index contributed by atoms with van der Waals surface area (Å²) in [6, 6.07) is 0. The summed E-state index contributed by atoms with van der Waals surface area (Å²) in [6.45, 7) is 1.00. The highest BCUT2D eigenvalue weighted by atomic mass is 35.5. The number of amides is 2. The zero-order chi connectivity index (χ0) is 13.7. The quantitative estimate of drug-likeness (QED) is 0.741. The van der Waals surface area contributed by atoms with E-state index < -0.39 is 24.3 Å². The maximum atomic E-state index is 11.6. The van der Waals surface area contributed by atoms with Gasteiger partial charge in [-0.05, 0) is 17.9 Å². The van der Waals surface area contributed by atoms with E-state index in [9.17, 15) is 14.4 Å². The van der Waals surface area contributed by atoms with E-state index in [0.29, 0.717) is 9.90 Å². The molecule has 0 bridgehead atoms. The fourth-order valence-corrected chi connectivity index (χ4v) is 2.26. The summed E-state index contributed by atoms with van der Waals surface area (Å²) in [4.78, 5) is 33.3. The Bertz CT molecular complexity index is 486. The SMILES string of the molecule is Cc1csc(C(=O)NCC(=O)NCC(=O)O)c1Cl. The molecule has 0 aromatic carbocycles. The molecule has 8 heteroatoms. The van der Waals surface area contributed by atoms with Gasteiger partial charge >= 0.3 is 5.97 Å². The Kier molecular flexibility index (Phi) is 5.11. The number of hydrogen-bond donors (Lipinski definition) is 3. The highest BCUT2D eigenvalue weighted by Crippen LogP contribution is 2.26. The van der Waals surface area contributed by atoms with Crippen LogP contribution in [0.3, 0.4) is 0 Å². The monoisotopic (exact) mass is 290 g/mol. The van der Waals surface area contributed by atoms with Crippen molar-refractivity contribution in [2.24, 2.45) is 0 Å². The van der Waals surface area contributed by atoms with Crippen molar-refractivity contribution < 1.29 is 19.5 Å². The van der Waals surface area contributed by atoms with Crippen LogP contribution in [0.4, 0.5) is 0 Å². The van der Waals surface area contributed by atoms with Gasteiger partial charge in [0, 0.05) is 0 Å². The van der Waals surface area contributed by atoms with Gasteiger partial charge in [0.25, 0.3) is 5.91 Å². The zero-order valence-electron chi connectivity index (χ0n) is 9.45. The second-order valence-corrected chi connectivity index (χ2v) is 4.67. The lowest BCUT2D eigenvalue weighted by Crippen LogP contribution is -2.38. The van der Waals surface area contributed by atoms with Gasteiger partial charge in [-0.15, -0.1) is 11.3 Å². The maximum Gasteiger partial charge on any atom is 0.322 e. The second-order valence-electron chi connectivity index (χ2n) is 3.41. The lowest BCUT2D eigenvalue weighted by atomic mass is 10.3. The van der Waals surface area contributed by atoms with Crippen LogP contribution in [0.15, 0.2) is 5.38 Å². The predicted octanol–water partition coefficient (Wildman–Crippen LogP) is 0.641. The van der Waals surface area contributed by atoms with E-state index >= 15 is 0 Å². The van der Waals surface area contributed by atoms with Gasteiger partial charge in [-0.2, -0.15) is 0 Å². The number of carboxylic acid groups (broad SMARTS) is 1. The van der Waals surface area contributed by atoms with Gasteiger partial charge in [0.15, 0.2) is 0 Å². The number of rotatable bonds is 5. The third-order valence-electron chi connectivity index (χ3n) is 1.95. The molecule has 6 nitrogen and oxygen atoms in total. The van der Waals surface area contributed by atoms with Crippen LogP contribution in [0.2, 0.25) is 5.02 Å². The van der Waals surface area contributed by atoms with E-state index in [1.54, 1.807) is 12.3 Å². The van der Waals surface area contributed by atoms with Crippen molar-refractivity contribution in [1.29, 1.82) is 0 Å². The minimum Gasteiger partial charge on any atom is -0.480 e. The molecule has 0 aliphatic rings. The molecule has 1 aromatic rings. The highest BCUT2D eigenvalue weighted by Gasteiger charge is 2.15. The molecule has 0 atom stereocenters. The molecule has 0 saturated carbocycles. The smallest absolute Gasteiger partial charge is 0.322 e. The number of aliphatic carboxylic acids is 1. The first-order valence-electron chi connectivity index (χ1n) is 4.92. The molecule has 0 unspecified atom stereocenters. The molecule has 3 N–H and O–H groups in total. The maximum absolute atomic E-state index is 11.6. The van der Waals surface area contributed by atoms with Gasteiger partial charge in [-0.1, -0.05) is 11.6 Å². The molecule has 0 saturated heterocycles. The predicted molar refractivity (Wildman–Crippen MR) is 67.0 cm³/mol. The second kappa shape index (κ2) is 6.36. The Morgan fingerprint density at radius 2 is 2.00 bits per heavy atom.